The topological polar surface area (TPSA) is 34.2 Å². The van der Waals surface area contributed by atoms with Crippen molar-refractivity contribution in [3.8, 4) is 0 Å². The van der Waals surface area contributed by atoms with Gasteiger partial charge in [0.25, 0.3) is 0 Å². The van der Waals surface area contributed by atoms with E-state index >= 15 is 0 Å². The molecule has 0 amide bonds. The van der Waals surface area contributed by atoms with Gasteiger partial charge in [0.1, 0.15) is 0 Å². The number of thiazole rings is 1. The predicted molar refractivity (Wildman–Crippen MR) is 76.0 cm³/mol. The second-order valence-corrected chi connectivity index (χ2v) is 5.96. The fourth-order valence-corrected chi connectivity index (χ4v) is 3.05. The summed E-state index contributed by atoms with van der Waals surface area (Å²) in [6, 6.07) is 0.442. The van der Waals surface area contributed by atoms with Gasteiger partial charge in [-0.2, -0.15) is 0 Å². The average molecular weight is 268 g/mol. The Balaban J connectivity index is 1.97. The van der Waals surface area contributed by atoms with Crippen LogP contribution in [-0.2, 0) is 11.2 Å². The van der Waals surface area contributed by atoms with Crippen LogP contribution in [0.3, 0.4) is 0 Å². The third kappa shape index (κ3) is 4.04. The van der Waals surface area contributed by atoms with Gasteiger partial charge < -0.3 is 10.1 Å². The predicted octanol–water partition coefficient (Wildman–Crippen LogP) is 2.87. The quantitative estimate of drug-likeness (QED) is 0.748. The Kier molecular flexibility index (Phi) is 5.60. The van der Waals surface area contributed by atoms with Gasteiger partial charge in [-0.3, -0.25) is 4.98 Å². The van der Waals surface area contributed by atoms with Gasteiger partial charge in [-0.25, -0.2) is 0 Å². The first kappa shape index (κ1) is 14.0. The minimum atomic E-state index is 0.378. The van der Waals surface area contributed by atoms with Crippen molar-refractivity contribution in [2.45, 2.75) is 51.7 Å². The summed E-state index contributed by atoms with van der Waals surface area (Å²) in [6.07, 6.45) is 7.24. The first-order valence-electron chi connectivity index (χ1n) is 7.07. The van der Waals surface area contributed by atoms with Crippen molar-refractivity contribution in [3.05, 3.63) is 16.6 Å². The van der Waals surface area contributed by atoms with E-state index in [4.69, 9.17) is 4.74 Å². The van der Waals surface area contributed by atoms with Gasteiger partial charge in [0.2, 0.25) is 0 Å². The smallest absolute Gasteiger partial charge is 0.0794 e. The molecule has 1 aromatic heterocycles. The Hall–Kier alpha value is -0.450. The van der Waals surface area contributed by atoms with E-state index in [0.717, 1.165) is 25.5 Å². The highest BCUT2D eigenvalue weighted by molar-refractivity contribution is 7.09. The minimum Gasteiger partial charge on any atom is -0.377 e. The number of hydrogen-bond donors (Lipinski definition) is 1. The lowest BCUT2D eigenvalue weighted by atomic mass is 10.0. The van der Waals surface area contributed by atoms with E-state index in [1.54, 1.807) is 11.3 Å². The van der Waals surface area contributed by atoms with Crippen LogP contribution in [0.1, 0.15) is 38.0 Å². The van der Waals surface area contributed by atoms with Crippen molar-refractivity contribution in [1.82, 2.24) is 10.3 Å². The molecule has 18 heavy (non-hydrogen) atoms. The molecule has 1 aliphatic rings. The SMILES string of the molecule is CCCNC(Cc1cncs1)C(OCC)C1CC1. The van der Waals surface area contributed by atoms with Crippen LogP contribution >= 0.6 is 11.3 Å². The van der Waals surface area contributed by atoms with Crippen LogP contribution in [-0.4, -0.2) is 30.3 Å². The van der Waals surface area contributed by atoms with Crippen molar-refractivity contribution < 1.29 is 4.74 Å². The van der Waals surface area contributed by atoms with E-state index in [0.29, 0.717) is 12.1 Å². The highest BCUT2D eigenvalue weighted by Gasteiger charge is 2.37. The Morgan fingerprint density at radius 2 is 2.33 bits per heavy atom. The lowest BCUT2D eigenvalue weighted by Crippen LogP contribution is -2.44. The van der Waals surface area contributed by atoms with E-state index in [-0.39, 0.29) is 0 Å². The molecule has 3 nitrogen and oxygen atoms in total. The molecule has 1 heterocycles. The van der Waals surface area contributed by atoms with E-state index in [9.17, 15) is 0 Å². The molecule has 1 N–H and O–H groups in total. The van der Waals surface area contributed by atoms with Gasteiger partial charge in [-0.1, -0.05) is 6.92 Å². The summed E-state index contributed by atoms with van der Waals surface area (Å²) in [5.41, 5.74) is 1.92. The lowest BCUT2D eigenvalue weighted by Gasteiger charge is -2.27. The normalized spacial score (nSPS) is 18.8. The maximum absolute atomic E-state index is 6.00. The summed E-state index contributed by atoms with van der Waals surface area (Å²) in [5, 5.41) is 3.67. The molecule has 1 aromatic rings. The largest absolute Gasteiger partial charge is 0.377 e. The highest BCUT2D eigenvalue weighted by atomic mass is 32.1. The number of aromatic nitrogens is 1. The van der Waals surface area contributed by atoms with Crippen LogP contribution in [0.25, 0.3) is 0 Å². The van der Waals surface area contributed by atoms with Gasteiger partial charge in [0.15, 0.2) is 0 Å². The summed E-state index contributed by atoms with van der Waals surface area (Å²) >= 11 is 1.75. The Morgan fingerprint density at radius 3 is 2.89 bits per heavy atom. The van der Waals surface area contributed by atoms with E-state index in [1.807, 2.05) is 11.7 Å². The van der Waals surface area contributed by atoms with E-state index in [1.165, 1.54) is 24.1 Å². The molecule has 0 saturated heterocycles. The molecule has 0 aliphatic heterocycles. The molecule has 1 saturated carbocycles. The zero-order valence-corrected chi connectivity index (χ0v) is 12.2. The molecule has 1 fully saturated rings. The van der Waals surface area contributed by atoms with Crippen molar-refractivity contribution in [2.24, 2.45) is 5.92 Å². The van der Waals surface area contributed by atoms with Gasteiger partial charge in [0, 0.05) is 30.1 Å². The molecule has 102 valence electrons. The molecular weight excluding hydrogens is 244 g/mol. The van der Waals surface area contributed by atoms with Crippen LogP contribution in [0.2, 0.25) is 0 Å². The fourth-order valence-electron chi connectivity index (χ4n) is 2.39. The summed E-state index contributed by atoms with van der Waals surface area (Å²) < 4.78 is 6.00. The molecule has 0 bridgehead atoms. The van der Waals surface area contributed by atoms with Gasteiger partial charge in [-0.15, -0.1) is 11.3 Å². The molecule has 2 rings (SSSR count). The first-order valence-corrected chi connectivity index (χ1v) is 7.95. The van der Waals surface area contributed by atoms with Crippen molar-refractivity contribution in [2.75, 3.05) is 13.2 Å². The molecular formula is C14H24N2OS. The molecule has 0 spiro atoms. The number of nitrogens with one attached hydrogen (secondary N) is 1. The van der Waals surface area contributed by atoms with Crippen LogP contribution < -0.4 is 5.32 Å². The zero-order chi connectivity index (χ0) is 12.8. The van der Waals surface area contributed by atoms with Crippen LogP contribution in [0.5, 0.6) is 0 Å². The Bertz CT molecular complexity index is 325. The Labute approximate surface area is 114 Å². The standard InChI is InChI=1S/C14H24N2OS/c1-3-7-16-13(8-12-9-15-10-18-12)14(17-4-2)11-5-6-11/h9-11,13-14,16H,3-8H2,1-2H3. The van der Waals surface area contributed by atoms with E-state index < -0.39 is 0 Å². The summed E-state index contributed by atoms with van der Waals surface area (Å²) in [4.78, 5) is 5.53. The van der Waals surface area contributed by atoms with Crippen LogP contribution in [0.4, 0.5) is 0 Å². The van der Waals surface area contributed by atoms with E-state index in [2.05, 4.69) is 24.1 Å². The fraction of sp³-hybridized carbons (Fsp3) is 0.786. The number of rotatable bonds is 9. The van der Waals surface area contributed by atoms with Crippen molar-refractivity contribution in [1.29, 1.82) is 0 Å². The zero-order valence-electron chi connectivity index (χ0n) is 11.4. The number of nitrogens with zero attached hydrogens (tertiary/aromatic N) is 1. The van der Waals surface area contributed by atoms with Crippen LogP contribution in [0, 0.1) is 5.92 Å². The number of hydrogen-bond acceptors (Lipinski definition) is 4. The summed E-state index contributed by atoms with van der Waals surface area (Å²) in [6.45, 7) is 6.19. The maximum atomic E-state index is 6.00. The molecule has 0 aromatic carbocycles. The average Bonchev–Trinajstić information content (AvgIpc) is 3.09. The summed E-state index contributed by atoms with van der Waals surface area (Å²) in [7, 11) is 0. The first-order chi connectivity index (χ1) is 8.85. The van der Waals surface area contributed by atoms with Gasteiger partial charge in [-0.05, 0) is 38.6 Å². The lowest BCUT2D eigenvalue weighted by molar-refractivity contribution is 0.0194. The molecule has 2 unspecified atom stereocenters. The second kappa shape index (κ2) is 7.22. The maximum Gasteiger partial charge on any atom is 0.0794 e. The molecule has 1 aliphatic carbocycles. The van der Waals surface area contributed by atoms with Crippen molar-refractivity contribution >= 4 is 11.3 Å². The second-order valence-electron chi connectivity index (χ2n) is 4.99. The number of ether oxygens (including phenoxy) is 1. The van der Waals surface area contributed by atoms with Crippen molar-refractivity contribution in [3.63, 3.8) is 0 Å². The molecule has 4 heteroatoms. The monoisotopic (exact) mass is 268 g/mol. The highest BCUT2D eigenvalue weighted by Crippen LogP contribution is 2.36. The summed E-state index contributed by atoms with van der Waals surface area (Å²) in [5.74, 6) is 0.771. The van der Waals surface area contributed by atoms with Crippen LogP contribution in [0.15, 0.2) is 11.7 Å². The van der Waals surface area contributed by atoms with Gasteiger partial charge >= 0.3 is 0 Å². The molecule has 0 radical (unpaired) electrons. The third-order valence-electron chi connectivity index (χ3n) is 3.40. The van der Waals surface area contributed by atoms with Gasteiger partial charge in [0.05, 0.1) is 11.6 Å². The molecule has 2 atom stereocenters. The Morgan fingerprint density at radius 1 is 1.50 bits per heavy atom. The third-order valence-corrected chi connectivity index (χ3v) is 4.21. The minimum absolute atomic E-state index is 0.378.